The summed E-state index contributed by atoms with van der Waals surface area (Å²) in [4.78, 5) is 0. The first-order valence-corrected chi connectivity index (χ1v) is 10.6. The Hall–Kier alpha value is -1.12. The molecule has 0 fully saturated rings. The average Bonchev–Trinajstić information content (AvgIpc) is 2.66. The molecule has 0 bridgehead atoms. The molecule has 0 aliphatic heterocycles. The second-order valence-corrected chi connectivity index (χ2v) is 7.98. The van der Waals surface area contributed by atoms with Crippen molar-refractivity contribution in [2.24, 2.45) is 5.92 Å². The van der Waals surface area contributed by atoms with Gasteiger partial charge in [0.15, 0.2) is 0 Å². The van der Waals surface area contributed by atoms with E-state index in [-0.39, 0.29) is 0 Å². The fourth-order valence-corrected chi connectivity index (χ4v) is 3.99. The maximum absolute atomic E-state index is 3.77. The first kappa shape index (κ1) is 20.2. The van der Waals surface area contributed by atoms with Crippen molar-refractivity contribution in [3.05, 3.63) is 83.9 Å². The van der Waals surface area contributed by atoms with E-state index < -0.39 is 0 Å². The van der Waals surface area contributed by atoms with Gasteiger partial charge in [0.2, 0.25) is 0 Å². The topological polar surface area (TPSA) is 0 Å². The Labute approximate surface area is 169 Å². The second kappa shape index (κ2) is 11.5. The summed E-state index contributed by atoms with van der Waals surface area (Å²) in [5, 5.41) is 0. The predicted molar refractivity (Wildman–Crippen MR) is 119 cm³/mol. The van der Waals surface area contributed by atoms with Gasteiger partial charge < -0.3 is 0 Å². The molecule has 0 saturated heterocycles. The van der Waals surface area contributed by atoms with Gasteiger partial charge in [0, 0.05) is 8.96 Å². The Bertz CT molecular complexity index is 616. The van der Waals surface area contributed by atoms with Crippen LogP contribution < -0.4 is 0 Å². The zero-order valence-corrected chi connectivity index (χ0v) is 18.0. The lowest BCUT2D eigenvalue weighted by molar-refractivity contribution is 0.591. The minimum absolute atomic E-state index is 0.404. The molecule has 0 aromatic heterocycles. The van der Waals surface area contributed by atoms with E-state index in [4.69, 9.17) is 0 Å². The molecule has 132 valence electrons. The van der Waals surface area contributed by atoms with E-state index in [1.54, 1.807) is 0 Å². The SMILES string of the molecule is CCCCCCC(/C=C(\Br)c1ccccc1)/C=C(/Br)c1ccccc1. The molecule has 0 aliphatic carbocycles. The fourth-order valence-electron chi connectivity index (χ4n) is 2.78. The Balaban J connectivity index is 2.17. The number of halogens is 2. The molecule has 0 radical (unpaired) electrons. The first-order chi connectivity index (χ1) is 12.2. The highest BCUT2D eigenvalue weighted by Crippen LogP contribution is 2.29. The van der Waals surface area contributed by atoms with Gasteiger partial charge in [-0.05, 0) is 23.5 Å². The molecular weight excluding hydrogens is 436 g/mol. The molecule has 2 heteroatoms. The molecule has 25 heavy (non-hydrogen) atoms. The van der Waals surface area contributed by atoms with Crippen molar-refractivity contribution in [3.63, 3.8) is 0 Å². The van der Waals surface area contributed by atoms with Crippen LogP contribution in [0.4, 0.5) is 0 Å². The largest absolute Gasteiger partial charge is 0.0654 e. The van der Waals surface area contributed by atoms with E-state index in [2.05, 4.69) is 112 Å². The summed E-state index contributed by atoms with van der Waals surface area (Å²) in [6.07, 6.45) is 11.0. The van der Waals surface area contributed by atoms with Crippen LogP contribution in [0.15, 0.2) is 72.8 Å². The van der Waals surface area contributed by atoms with E-state index in [1.165, 1.54) is 52.2 Å². The molecular formula is C23H26Br2. The third-order valence-electron chi connectivity index (χ3n) is 4.21. The fraction of sp³-hybridized carbons (Fsp3) is 0.304. The summed E-state index contributed by atoms with van der Waals surface area (Å²) >= 11 is 7.54. The molecule has 2 rings (SSSR count). The van der Waals surface area contributed by atoms with Gasteiger partial charge >= 0.3 is 0 Å². The quantitative estimate of drug-likeness (QED) is 0.328. The first-order valence-electron chi connectivity index (χ1n) is 9.06. The standard InChI is InChI=1S/C23H26Br2/c1-2-3-4-7-12-19(17-22(24)20-13-8-5-9-14-20)18-23(25)21-15-10-6-11-16-21/h5-6,8-11,13-19H,2-4,7,12H2,1H3/b22-17-,23-18+. The third-order valence-corrected chi connectivity index (χ3v) is 5.66. The zero-order chi connectivity index (χ0) is 17.9. The zero-order valence-electron chi connectivity index (χ0n) is 14.8. The van der Waals surface area contributed by atoms with E-state index in [1.807, 2.05) is 0 Å². The Morgan fingerprint density at radius 2 is 1.24 bits per heavy atom. The summed E-state index contributed by atoms with van der Waals surface area (Å²) in [6.45, 7) is 2.26. The van der Waals surface area contributed by atoms with Crippen molar-refractivity contribution >= 4 is 40.8 Å². The van der Waals surface area contributed by atoms with Crippen molar-refractivity contribution in [2.75, 3.05) is 0 Å². The minimum Gasteiger partial charge on any atom is -0.0654 e. The van der Waals surface area contributed by atoms with Gasteiger partial charge in [-0.2, -0.15) is 0 Å². The van der Waals surface area contributed by atoms with Crippen molar-refractivity contribution in [1.29, 1.82) is 0 Å². The molecule has 0 amide bonds. The summed E-state index contributed by atoms with van der Waals surface area (Å²) in [7, 11) is 0. The molecule has 0 nitrogen and oxygen atoms in total. The summed E-state index contributed by atoms with van der Waals surface area (Å²) in [5.41, 5.74) is 2.45. The number of hydrogen-bond donors (Lipinski definition) is 0. The molecule has 0 saturated carbocycles. The summed E-state index contributed by atoms with van der Waals surface area (Å²) < 4.78 is 2.33. The normalized spacial score (nSPS) is 13.7. The number of unbranched alkanes of at least 4 members (excludes halogenated alkanes) is 3. The van der Waals surface area contributed by atoms with Crippen molar-refractivity contribution in [3.8, 4) is 0 Å². The average molecular weight is 462 g/mol. The minimum atomic E-state index is 0.404. The van der Waals surface area contributed by atoms with E-state index >= 15 is 0 Å². The number of benzene rings is 2. The molecule has 0 heterocycles. The highest BCUT2D eigenvalue weighted by Gasteiger charge is 2.07. The van der Waals surface area contributed by atoms with Gasteiger partial charge in [0.25, 0.3) is 0 Å². The van der Waals surface area contributed by atoms with Crippen LogP contribution in [0.25, 0.3) is 8.96 Å². The number of hydrogen-bond acceptors (Lipinski definition) is 0. The molecule has 2 aromatic rings. The smallest absolute Gasteiger partial charge is 0.0213 e. The summed E-state index contributed by atoms with van der Waals surface area (Å²) in [6, 6.07) is 21.0. The third kappa shape index (κ3) is 7.33. The van der Waals surface area contributed by atoms with Gasteiger partial charge in [-0.25, -0.2) is 0 Å². The molecule has 0 spiro atoms. The highest BCUT2D eigenvalue weighted by atomic mass is 79.9. The van der Waals surface area contributed by atoms with Gasteiger partial charge in [-0.15, -0.1) is 0 Å². The van der Waals surface area contributed by atoms with Crippen molar-refractivity contribution < 1.29 is 0 Å². The highest BCUT2D eigenvalue weighted by molar-refractivity contribution is 9.15. The molecule has 1 unspecified atom stereocenters. The van der Waals surface area contributed by atoms with Gasteiger partial charge in [-0.1, -0.05) is 137 Å². The van der Waals surface area contributed by atoms with Crippen LogP contribution in [-0.4, -0.2) is 0 Å². The van der Waals surface area contributed by atoms with Gasteiger partial charge in [-0.3, -0.25) is 0 Å². The lowest BCUT2D eigenvalue weighted by Gasteiger charge is -2.11. The van der Waals surface area contributed by atoms with Gasteiger partial charge in [0.1, 0.15) is 0 Å². The second-order valence-electron chi connectivity index (χ2n) is 6.27. The van der Waals surface area contributed by atoms with Crippen LogP contribution in [0.5, 0.6) is 0 Å². The maximum atomic E-state index is 3.77. The lowest BCUT2D eigenvalue weighted by Crippen LogP contribution is -1.95. The van der Waals surface area contributed by atoms with Crippen molar-refractivity contribution in [1.82, 2.24) is 0 Å². The van der Waals surface area contributed by atoms with Crippen LogP contribution in [0.2, 0.25) is 0 Å². The van der Waals surface area contributed by atoms with E-state index in [0.717, 1.165) is 0 Å². The number of rotatable bonds is 9. The molecule has 0 N–H and O–H groups in total. The van der Waals surface area contributed by atoms with Crippen LogP contribution in [0.3, 0.4) is 0 Å². The van der Waals surface area contributed by atoms with Gasteiger partial charge in [0.05, 0.1) is 0 Å². The monoisotopic (exact) mass is 460 g/mol. The van der Waals surface area contributed by atoms with Crippen LogP contribution in [0.1, 0.15) is 50.2 Å². The van der Waals surface area contributed by atoms with Crippen LogP contribution in [-0.2, 0) is 0 Å². The molecule has 2 aromatic carbocycles. The molecule has 1 atom stereocenters. The molecule has 0 aliphatic rings. The van der Waals surface area contributed by atoms with Crippen molar-refractivity contribution in [2.45, 2.75) is 39.0 Å². The number of allylic oxidation sites excluding steroid dienone is 2. The Kier molecular flexibility index (Phi) is 9.28. The van der Waals surface area contributed by atoms with Crippen LogP contribution >= 0.6 is 31.9 Å². The maximum Gasteiger partial charge on any atom is 0.0213 e. The Morgan fingerprint density at radius 1 is 0.760 bits per heavy atom. The predicted octanol–water partition coefficient (Wildman–Crippen LogP) is 8.45. The lowest BCUT2D eigenvalue weighted by atomic mass is 9.97. The summed E-state index contributed by atoms with van der Waals surface area (Å²) in [5.74, 6) is 0.404. The van der Waals surface area contributed by atoms with Crippen LogP contribution in [0, 0.1) is 5.92 Å². The Morgan fingerprint density at radius 3 is 1.68 bits per heavy atom. The van der Waals surface area contributed by atoms with E-state index in [9.17, 15) is 0 Å². The van der Waals surface area contributed by atoms with E-state index in [0.29, 0.717) is 5.92 Å².